The molecule has 4 unspecified atom stereocenters. The summed E-state index contributed by atoms with van der Waals surface area (Å²) < 4.78 is 57.6. The maximum atomic E-state index is 12.7. The van der Waals surface area contributed by atoms with Gasteiger partial charge in [0, 0.05) is 18.8 Å². The molecule has 0 spiro atoms. The number of rotatable bonds is 13. The molecule has 1 saturated heterocycles. The number of pyridine rings is 1. The molecule has 23 heteroatoms. The predicted octanol–water partition coefficient (Wildman–Crippen LogP) is 3.19. The standard InChI is InChI=1S/C22H29N6O11P3S3/c1-44-45-17-9-13(4-7-25-17)22(43)37-16-10-18(28-11-14(3-2-6-23)19-20(24)26-12-27-21(19)28)36-15(16)5-8-40(29,30)38-42(34,35)39-41(31,32)33/h4,7,9,11-12,15-16,18,22,43H,5-6,8,10,23H2,1H3,(H,29,30)(H,34,35)(H2,24,26,27)(H2,31,32,33)/t15-,16?,18-,22?/m1/s1. The van der Waals surface area contributed by atoms with E-state index in [4.69, 9.17) is 30.7 Å². The third-order valence-corrected chi connectivity index (χ3v) is 12.4. The lowest BCUT2D eigenvalue weighted by Crippen LogP contribution is -2.26. The quantitative estimate of drug-likeness (QED) is 0.0436. The van der Waals surface area contributed by atoms with Crippen molar-refractivity contribution in [3.8, 4) is 11.8 Å². The van der Waals surface area contributed by atoms with Crippen molar-refractivity contribution in [3.05, 3.63) is 42.0 Å². The van der Waals surface area contributed by atoms with Gasteiger partial charge < -0.3 is 45.1 Å². The number of nitrogens with zero attached hydrogens (tertiary/aromatic N) is 4. The molecule has 0 radical (unpaired) electrons. The number of aromatic nitrogens is 4. The molecule has 17 nitrogen and oxygen atoms in total. The molecule has 1 fully saturated rings. The minimum atomic E-state index is -5.61. The highest BCUT2D eigenvalue weighted by atomic mass is 33.1. The van der Waals surface area contributed by atoms with Crippen LogP contribution in [0.5, 0.6) is 0 Å². The zero-order chi connectivity index (χ0) is 33.0. The van der Waals surface area contributed by atoms with Gasteiger partial charge in [0.25, 0.3) is 0 Å². The van der Waals surface area contributed by atoms with Crippen molar-refractivity contribution in [1.29, 1.82) is 0 Å². The smallest absolute Gasteiger partial charge is 0.383 e. The molecule has 0 bridgehead atoms. The third kappa shape index (κ3) is 10.0. The molecule has 4 rings (SSSR count). The summed E-state index contributed by atoms with van der Waals surface area (Å²) in [4.78, 5) is 50.1. The number of phosphoric acid groups is 2. The predicted molar refractivity (Wildman–Crippen MR) is 170 cm³/mol. The van der Waals surface area contributed by atoms with E-state index in [-0.39, 0.29) is 25.2 Å². The first-order valence-corrected chi connectivity index (χ1v) is 20.6. The van der Waals surface area contributed by atoms with Gasteiger partial charge in [-0.15, -0.1) is 12.6 Å². The van der Waals surface area contributed by atoms with Crippen molar-refractivity contribution in [2.45, 2.75) is 41.7 Å². The zero-order valence-electron chi connectivity index (χ0n) is 23.2. The maximum absolute atomic E-state index is 12.7. The van der Waals surface area contributed by atoms with Crippen LogP contribution in [0.2, 0.25) is 0 Å². The second-order valence-electron chi connectivity index (χ2n) is 9.25. The summed E-state index contributed by atoms with van der Waals surface area (Å²) in [6.07, 6.45) is 3.19. The van der Waals surface area contributed by atoms with Crippen molar-refractivity contribution < 1.29 is 51.4 Å². The lowest BCUT2D eigenvalue weighted by molar-refractivity contribution is -0.0445. The normalized spacial score (nSPS) is 22.0. The summed E-state index contributed by atoms with van der Waals surface area (Å²) in [5, 5.41) is 1.20. The number of anilines is 1. The number of hydrogen-bond acceptors (Lipinski definition) is 15. The van der Waals surface area contributed by atoms with Gasteiger partial charge in [-0.25, -0.2) is 28.4 Å². The third-order valence-electron chi connectivity index (χ3n) is 6.11. The van der Waals surface area contributed by atoms with Crippen LogP contribution in [0.4, 0.5) is 5.82 Å². The van der Waals surface area contributed by atoms with Crippen LogP contribution in [0.15, 0.2) is 35.9 Å². The van der Waals surface area contributed by atoms with Gasteiger partial charge in [0.05, 0.1) is 35.9 Å². The van der Waals surface area contributed by atoms with E-state index >= 15 is 0 Å². The Bertz CT molecular complexity index is 1730. The van der Waals surface area contributed by atoms with E-state index in [9.17, 15) is 23.5 Å². The Morgan fingerprint density at radius 2 is 1.98 bits per heavy atom. The molecular formula is C22H29N6O11P3S3. The van der Waals surface area contributed by atoms with Crippen LogP contribution in [0.1, 0.15) is 35.6 Å². The first-order chi connectivity index (χ1) is 21.1. The largest absolute Gasteiger partial charge is 0.488 e. The van der Waals surface area contributed by atoms with Gasteiger partial charge in [0.15, 0.2) is 0 Å². The lowest BCUT2D eigenvalue weighted by Gasteiger charge is -2.23. The van der Waals surface area contributed by atoms with Crippen molar-refractivity contribution in [3.63, 3.8) is 0 Å². The summed E-state index contributed by atoms with van der Waals surface area (Å²) in [5.41, 5.74) is 12.5. The molecule has 3 aromatic heterocycles. The maximum Gasteiger partial charge on any atom is 0.488 e. The van der Waals surface area contributed by atoms with E-state index in [1.807, 2.05) is 6.26 Å². The molecule has 1 aliphatic heterocycles. The van der Waals surface area contributed by atoms with Crippen LogP contribution in [0.3, 0.4) is 0 Å². The molecular weight excluding hydrogens is 713 g/mol. The van der Waals surface area contributed by atoms with Gasteiger partial charge in [0.1, 0.15) is 34.5 Å². The molecule has 1 aliphatic rings. The molecule has 0 saturated carbocycles. The Balaban J connectivity index is 1.61. The van der Waals surface area contributed by atoms with Gasteiger partial charge in [0.2, 0.25) is 0 Å². The molecule has 246 valence electrons. The Hall–Kier alpha value is -1.49. The molecule has 0 amide bonds. The van der Waals surface area contributed by atoms with E-state index in [1.165, 1.54) is 27.9 Å². The molecule has 0 aromatic carbocycles. The molecule has 0 aliphatic carbocycles. The van der Waals surface area contributed by atoms with E-state index in [0.29, 0.717) is 22.2 Å². The Morgan fingerprint density at radius 3 is 2.67 bits per heavy atom. The van der Waals surface area contributed by atoms with Gasteiger partial charge in [-0.1, -0.05) is 22.6 Å². The van der Waals surface area contributed by atoms with Crippen molar-refractivity contribution in [1.82, 2.24) is 19.5 Å². The average molecular weight is 743 g/mol. The minimum absolute atomic E-state index is 0.0942. The molecule has 6 atom stereocenters. The Labute approximate surface area is 270 Å². The summed E-state index contributed by atoms with van der Waals surface area (Å²) >= 11 is 4.62. The lowest BCUT2D eigenvalue weighted by atomic mass is 10.1. The Morgan fingerprint density at radius 1 is 1.22 bits per heavy atom. The van der Waals surface area contributed by atoms with E-state index in [0.717, 1.165) is 5.03 Å². The molecule has 8 N–H and O–H groups in total. The van der Waals surface area contributed by atoms with Gasteiger partial charge in [-0.3, -0.25) is 4.57 Å². The highest BCUT2D eigenvalue weighted by Gasteiger charge is 2.43. The number of fused-ring (bicyclic) bond motifs is 1. The van der Waals surface area contributed by atoms with Gasteiger partial charge in [-0.05, 0) is 41.2 Å². The van der Waals surface area contributed by atoms with E-state index in [2.05, 4.69) is 48.0 Å². The molecule has 4 heterocycles. The first-order valence-electron chi connectivity index (χ1n) is 12.7. The highest BCUT2D eigenvalue weighted by Crippen LogP contribution is 2.66. The minimum Gasteiger partial charge on any atom is -0.383 e. The van der Waals surface area contributed by atoms with Gasteiger partial charge >= 0.3 is 23.2 Å². The Kier molecular flexibility index (Phi) is 12.2. The summed E-state index contributed by atoms with van der Waals surface area (Å²) in [7, 11) is -13.1. The fourth-order valence-corrected chi connectivity index (χ4v) is 9.66. The number of nitrogens with two attached hydrogens (primary N) is 2. The second-order valence-corrected chi connectivity index (χ2v) is 17.1. The van der Waals surface area contributed by atoms with Crippen molar-refractivity contribution >= 4 is 74.3 Å². The fraction of sp³-hybridized carbons (Fsp3) is 0.409. The number of ether oxygens (including phenoxy) is 2. The summed E-state index contributed by atoms with van der Waals surface area (Å²) in [6.45, 7) is 0.0942. The summed E-state index contributed by atoms with van der Waals surface area (Å²) in [5.74, 6) is 5.88. The highest BCUT2D eigenvalue weighted by molar-refractivity contribution is 8.76. The SMILES string of the molecule is CSSc1cc(C(S)OC2C[C@H](n3cc(C#CCN)c4c(N)ncnc43)O[C@@H]2CCP(=O)(O)OP(=O)(O)OP(=O)(O)O)ccn1. The molecule has 3 aromatic rings. The first kappa shape index (κ1) is 36.3. The van der Waals surface area contributed by atoms with Crippen LogP contribution in [-0.4, -0.2) is 70.3 Å². The second kappa shape index (κ2) is 15.2. The van der Waals surface area contributed by atoms with E-state index < -0.39 is 53.3 Å². The van der Waals surface area contributed by atoms with E-state index in [1.54, 1.807) is 29.1 Å². The monoisotopic (exact) mass is 742 g/mol. The summed E-state index contributed by atoms with van der Waals surface area (Å²) in [6, 6.07) is 3.53. The number of thiol groups is 1. The fourth-order valence-electron chi connectivity index (χ4n) is 4.44. The zero-order valence-corrected chi connectivity index (χ0v) is 28.4. The average Bonchev–Trinajstić information content (AvgIpc) is 3.51. The van der Waals surface area contributed by atoms with Crippen LogP contribution >= 0.6 is 57.5 Å². The topological polar surface area (TPSA) is 265 Å². The van der Waals surface area contributed by atoms with Gasteiger partial charge in [-0.2, -0.15) is 4.31 Å². The van der Waals surface area contributed by atoms with Crippen LogP contribution < -0.4 is 11.5 Å². The molecule has 45 heavy (non-hydrogen) atoms. The van der Waals surface area contributed by atoms with Crippen LogP contribution in [0.25, 0.3) is 11.0 Å². The van der Waals surface area contributed by atoms with Crippen molar-refractivity contribution in [2.24, 2.45) is 5.73 Å². The van der Waals surface area contributed by atoms with Crippen LogP contribution in [0, 0.1) is 11.8 Å². The number of hydrogen-bond donors (Lipinski definition) is 7. The number of nitrogen functional groups attached to an aromatic ring is 1. The van der Waals surface area contributed by atoms with Crippen LogP contribution in [-0.2, 0) is 31.8 Å². The van der Waals surface area contributed by atoms with Crippen molar-refractivity contribution in [2.75, 3.05) is 24.7 Å².